The molecule has 2 saturated carbocycles. The predicted molar refractivity (Wildman–Crippen MR) is 167 cm³/mol. The van der Waals surface area contributed by atoms with Gasteiger partial charge in [0.1, 0.15) is 35.3 Å². The summed E-state index contributed by atoms with van der Waals surface area (Å²) >= 11 is 0. The van der Waals surface area contributed by atoms with E-state index in [1.54, 1.807) is 11.0 Å². The van der Waals surface area contributed by atoms with E-state index in [1.165, 1.54) is 43.3 Å². The van der Waals surface area contributed by atoms with Crippen LogP contribution in [0.15, 0.2) is 36.5 Å². The summed E-state index contributed by atoms with van der Waals surface area (Å²) < 4.78 is 43.6. The summed E-state index contributed by atoms with van der Waals surface area (Å²) in [4.78, 5) is 17.9. The molecule has 11 heteroatoms. The summed E-state index contributed by atoms with van der Waals surface area (Å²) in [5.74, 6) is -1.23. The quantitative estimate of drug-likeness (QED) is 0.159. The zero-order valence-corrected chi connectivity index (χ0v) is 25.5. The normalized spacial score (nSPS) is 21.8. The predicted octanol–water partition coefficient (Wildman–Crippen LogP) is 5.80. The van der Waals surface area contributed by atoms with Crippen molar-refractivity contribution in [3.8, 4) is 23.0 Å². The summed E-state index contributed by atoms with van der Waals surface area (Å²) in [6, 6.07) is 8.35. The molecule has 1 aliphatic heterocycles. The summed E-state index contributed by atoms with van der Waals surface area (Å²) in [7, 11) is 0. The van der Waals surface area contributed by atoms with Gasteiger partial charge in [0, 0.05) is 47.8 Å². The largest absolute Gasteiger partial charge is 0.508 e. The van der Waals surface area contributed by atoms with Crippen molar-refractivity contribution in [3.05, 3.63) is 48.2 Å². The molecule has 2 aromatic heterocycles. The van der Waals surface area contributed by atoms with Crippen LogP contribution < -0.4 is 9.64 Å². The maximum Gasteiger partial charge on any atom is 0.319 e. The number of pyridine rings is 1. The molecule has 3 fully saturated rings. The van der Waals surface area contributed by atoms with E-state index in [1.807, 2.05) is 6.92 Å². The number of halogens is 2. The highest BCUT2D eigenvalue weighted by atomic mass is 19.1. The van der Waals surface area contributed by atoms with Gasteiger partial charge in [0.15, 0.2) is 5.82 Å². The number of aromatic hydroxyl groups is 1. The third kappa shape index (κ3) is 5.55. The first-order chi connectivity index (χ1) is 21.9. The number of rotatable bonds is 11. The van der Waals surface area contributed by atoms with Crippen LogP contribution >= 0.6 is 0 Å². The summed E-state index contributed by atoms with van der Waals surface area (Å²) in [6.07, 6.45) is 9.50. The number of aliphatic hydroxyl groups excluding tert-OH is 1. The van der Waals surface area contributed by atoms with Crippen molar-refractivity contribution in [2.75, 3.05) is 44.5 Å². The van der Waals surface area contributed by atoms with Gasteiger partial charge in [-0.3, -0.25) is 9.88 Å². The van der Waals surface area contributed by atoms with Gasteiger partial charge in [-0.2, -0.15) is 9.97 Å². The number of hydrogen-bond donors (Lipinski definition) is 2. The standard InChI is InChI=1S/C34H39F2N5O4/c1-2-44-15-14-40(20-42)32-25-18-37-30(24-17-23(43)16-21-6-3-7-26(35)28(21)24)29(36)31(25)38-33(39-32)45-19-34-11-4-8-27(34)41(13-5-12-34)22-9-10-22/h3,6-7,16-18,22,27,42-43H,2,4-5,8-15,19-20H2,1H3. The summed E-state index contributed by atoms with van der Waals surface area (Å²) in [5.41, 5.74) is -0.122. The third-order valence-electron chi connectivity index (χ3n) is 9.84. The Balaban J connectivity index is 1.31. The molecule has 2 atom stereocenters. The van der Waals surface area contributed by atoms with Crippen molar-refractivity contribution in [1.29, 1.82) is 0 Å². The maximum absolute atomic E-state index is 16.6. The van der Waals surface area contributed by atoms with Crippen molar-refractivity contribution < 1.29 is 28.5 Å². The Labute approximate surface area is 260 Å². The number of piperidine rings is 1. The van der Waals surface area contributed by atoms with E-state index in [0.717, 1.165) is 38.6 Å². The Hall–Kier alpha value is -3.67. The first-order valence-electron chi connectivity index (χ1n) is 16.0. The van der Waals surface area contributed by atoms with E-state index in [0.29, 0.717) is 43.8 Å². The minimum absolute atomic E-state index is 0.00902. The average Bonchev–Trinajstić information content (AvgIpc) is 3.80. The lowest BCUT2D eigenvalue weighted by molar-refractivity contribution is -0.00467. The van der Waals surface area contributed by atoms with Gasteiger partial charge in [-0.25, -0.2) is 8.78 Å². The lowest BCUT2D eigenvalue weighted by Crippen LogP contribution is -2.52. The SMILES string of the molecule is CCOCCN(CO)c1nc(OCC23CCCC2N(C2CC2)CCC3)nc2c(F)c(-c3cc(O)cc4cccc(F)c34)ncc12. The third-order valence-corrected chi connectivity index (χ3v) is 9.84. The molecule has 0 radical (unpaired) electrons. The summed E-state index contributed by atoms with van der Waals surface area (Å²) in [6.45, 7) is 4.17. The number of ether oxygens (including phenoxy) is 2. The minimum atomic E-state index is -0.798. The van der Waals surface area contributed by atoms with Crippen LogP contribution in [0.2, 0.25) is 0 Å². The molecule has 7 rings (SSSR count). The molecule has 0 spiro atoms. The second kappa shape index (κ2) is 12.3. The molecule has 0 amide bonds. The van der Waals surface area contributed by atoms with E-state index in [4.69, 9.17) is 14.5 Å². The van der Waals surface area contributed by atoms with Gasteiger partial charge >= 0.3 is 6.01 Å². The van der Waals surface area contributed by atoms with Crippen LogP contribution in [0, 0.1) is 17.0 Å². The first kappa shape index (κ1) is 30.0. The number of benzene rings is 2. The Kier molecular flexibility index (Phi) is 8.18. The van der Waals surface area contributed by atoms with E-state index in [-0.39, 0.29) is 50.5 Å². The molecule has 1 saturated heterocycles. The highest BCUT2D eigenvalue weighted by Crippen LogP contribution is 2.50. The summed E-state index contributed by atoms with van der Waals surface area (Å²) in [5, 5.41) is 21.6. The second-order valence-electron chi connectivity index (χ2n) is 12.6. The molecule has 9 nitrogen and oxygen atoms in total. The van der Waals surface area contributed by atoms with Gasteiger partial charge in [0.25, 0.3) is 0 Å². The molecule has 238 valence electrons. The Morgan fingerprint density at radius 1 is 1.11 bits per heavy atom. The average molecular weight is 620 g/mol. The molecule has 4 aromatic rings. The number of anilines is 1. The lowest BCUT2D eigenvalue weighted by Gasteiger charge is -2.46. The number of aromatic nitrogens is 3. The molecule has 3 aliphatic rings. The molecule has 45 heavy (non-hydrogen) atoms. The van der Waals surface area contributed by atoms with Gasteiger partial charge in [-0.05, 0) is 75.6 Å². The monoisotopic (exact) mass is 619 g/mol. The number of nitrogens with zero attached hydrogens (tertiary/aromatic N) is 5. The Bertz CT molecular complexity index is 1720. The van der Waals surface area contributed by atoms with Gasteiger partial charge in [0.2, 0.25) is 0 Å². The molecule has 2 aromatic carbocycles. The number of fused-ring (bicyclic) bond motifs is 3. The van der Waals surface area contributed by atoms with Crippen LogP contribution in [0.25, 0.3) is 32.9 Å². The molecule has 2 unspecified atom stereocenters. The van der Waals surface area contributed by atoms with Crippen molar-refractivity contribution in [2.24, 2.45) is 5.41 Å². The fourth-order valence-electron chi connectivity index (χ4n) is 7.62. The lowest BCUT2D eigenvalue weighted by atomic mass is 9.75. The van der Waals surface area contributed by atoms with Gasteiger partial charge in [0.05, 0.1) is 18.6 Å². The van der Waals surface area contributed by atoms with Crippen LogP contribution in [-0.4, -0.2) is 81.8 Å². The van der Waals surface area contributed by atoms with Crippen LogP contribution in [-0.2, 0) is 4.74 Å². The number of likely N-dealkylation sites (tertiary alicyclic amines) is 1. The van der Waals surface area contributed by atoms with E-state index < -0.39 is 18.4 Å². The fraction of sp³-hybridized carbons (Fsp3) is 0.500. The van der Waals surface area contributed by atoms with Crippen molar-refractivity contribution >= 4 is 27.5 Å². The highest BCUT2D eigenvalue weighted by molar-refractivity contribution is 6.00. The molecule has 3 heterocycles. The van der Waals surface area contributed by atoms with Gasteiger partial charge in [-0.15, -0.1) is 0 Å². The molecular weight excluding hydrogens is 580 g/mol. The highest BCUT2D eigenvalue weighted by Gasteiger charge is 2.51. The number of phenols is 1. The van der Waals surface area contributed by atoms with E-state index in [2.05, 4.69) is 14.9 Å². The van der Waals surface area contributed by atoms with Crippen LogP contribution in [0.3, 0.4) is 0 Å². The Morgan fingerprint density at radius 3 is 2.76 bits per heavy atom. The second-order valence-corrected chi connectivity index (χ2v) is 12.6. The number of phenolic OH excluding ortho intramolecular Hbond substituents is 1. The van der Waals surface area contributed by atoms with Crippen LogP contribution in [0.4, 0.5) is 14.6 Å². The topological polar surface area (TPSA) is 104 Å². The van der Waals surface area contributed by atoms with Crippen molar-refractivity contribution in [3.63, 3.8) is 0 Å². The molecule has 2 N–H and O–H groups in total. The smallest absolute Gasteiger partial charge is 0.319 e. The molecule has 0 bridgehead atoms. The molecular formula is C34H39F2N5O4. The van der Waals surface area contributed by atoms with Crippen molar-refractivity contribution in [1.82, 2.24) is 19.9 Å². The number of aliphatic hydroxyl groups is 1. The fourth-order valence-corrected chi connectivity index (χ4v) is 7.62. The first-order valence-corrected chi connectivity index (χ1v) is 16.0. The van der Waals surface area contributed by atoms with Gasteiger partial charge < -0.3 is 24.6 Å². The molecule has 2 aliphatic carbocycles. The maximum atomic E-state index is 16.6. The van der Waals surface area contributed by atoms with Crippen molar-refractivity contribution in [2.45, 2.75) is 64.0 Å². The Morgan fingerprint density at radius 2 is 1.96 bits per heavy atom. The van der Waals surface area contributed by atoms with E-state index in [9.17, 15) is 10.2 Å². The zero-order valence-electron chi connectivity index (χ0n) is 25.5. The van der Waals surface area contributed by atoms with E-state index >= 15 is 8.78 Å². The zero-order chi connectivity index (χ0) is 31.1. The minimum Gasteiger partial charge on any atom is -0.508 e. The number of hydrogen-bond acceptors (Lipinski definition) is 9. The van der Waals surface area contributed by atoms with Crippen LogP contribution in [0.5, 0.6) is 11.8 Å². The van der Waals surface area contributed by atoms with Crippen LogP contribution in [0.1, 0.15) is 51.9 Å². The van der Waals surface area contributed by atoms with Gasteiger partial charge in [-0.1, -0.05) is 18.6 Å².